The molecule has 2 atom stereocenters. The molecule has 2 rings (SSSR count). The van der Waals surface area contributed by atoms with Crippen LogP contribution in [0.1, 0.15) is 42.2 Å². The van der Waals surface area contributed by atoms with Gasteiger partial charge in [0.15, 0.2) is 0 Å². The first kappa shape index (κ1) is 13.3. The van der Waals surface area contributed by atoms with Gasteiger partial charge in [0.2, 0.25) is 0 Å². The van der Waals surface area contributed by atoms with Gasteiger partial charge in [0.1, 0.15) is 0 Å². The lowest BCUT2D eigenvalue weighted by atomic mass is 10.0. The van der Waals surface area contributed by atoms with Gasteiger partial charge in [0.05, 0.1) is 17.2 Å². The van der Waals surface area contributed by atoms with Crippen LogP contribution in [0, 0.1) is 6.92 Å². The van der Waals surface area contributed by atoms with E-state index in [4.69, 9.17) is 22.2 Å². The fourth-order valence-electron chi connectivity index (χ4n) is 2.20. The van der Waals surface area contributed by atoms with Crippen LogP contribution in [-0.2, 0) is 4.74 Å². The van der Waals surface area contributed by atoms with Crippen LogP contribution in [0.2, 0.25) is 5.02 Å². The van der Waals surface area contributed by atoms with Gasteiger partial charge in [0, 0.05) is 11.5 Å². The van der Waals surface area contributed by atoms with Gasteiger partial charge in [-0.25, -0.2) is 0 Å². The summed E-state index contributed by atoms with van der Waals surface area (Å²) in [5.41, 5.74) is 4.00. The molecule has 0 spiro atoms. The van der Waals surface area contributed by atoms with Crippen molar-refractivity contribution < 1.29 is 4.74 Å². The highest BCUT2D eigenvalue weighted by atomic mass is 35.5. The van der Waals surface area contributed by atoms with Gasteiger partial charge >= 0.3 is 0 Å². The van der Waals surface area contributed by atoms with E-state index >= 15 is 0 Å². The summed E-state index contributed by atoms with van der Waals surface area (Å²) in [6.07, 6.45) is 4.78. The van der Waals surface area contributed by atoms with E-state index in [9.17, 15) is 0 Å². The molecule has 1 fully saturated rings. The normalized spacial score (nSPS) is 21.9. The second-order valence-electron chi connectivity index (χ2n) is 4.53. The summed E-state index contributed by atoms with van der Waals surface area (Å²) in [4.78, 5) is 1.14. The minimum atomic E-state index is 0.144. The lowest BCUT2D eigenvalue weighted by molar-refractivity contribution is 0.0997. The van der Waals surface area contributed by atoms with Gasteiger partial charge in [-0.05, 0) is 43.6 Å². The van der Waals surface area contributed by atoms with Crippen molar-refractivity contribution in [1.29, 1.82) is 0 Å². The van der Waals surface area contributed by atoms with Crippen molar-refractivity contribution in [3.63, 3.8) is 0 Å². The van der Waals surface area contributed by atoms with Crippen LogP contribution in [0.15, 0.2) is 5.38 Å². The summed E-state index contributed by atoms with van der Waals surface area (Å²) in [6, 6.07) is 0.144. The number of thiophene rings is 1. The minimum Gasteiger partial charge on any atom is -0.378 e. The van der Waals surface area contributed by atoms with E-state index in [1.165, 1.54) is 12.8 Å². The Hall–Kier alpha value is -0.130. The Morgan fingerprint density at radius 2 is 2.53 bits per heavy atom. The van der Waals surface area contributed by atoms with Crippen molar-refractivity contribution in [1.82, 2.24) is 5.43 Å². The van der Waals surface area contributed by atoms with Crippen molar-refractivity contribution in [2.75, 3.05) is 6.61 Å². The number of hydrogen-bond donors (Lipinski definition) is 2. The molecule has 1 saturated heterocycles. The number of nitrogens with two attached hydrogens (primary N) is 1. The molecular formula is C12H19ClN2OS. The first-order chi connectivity index (χ1) is 8.22. The molecule has 3 nitrogen and oxygen atoms in total. The molecule has 0 radical (unpaired) electrons. The highest BCUT2D eigenvalue weighted by Crippen LogP contribution is 2.34. The molecule has 1 aromatic heterocycles. The molecule has 0 bridgehead atoms. The number of ether oxygens (including phenoxy) is 1. The van der Waals surface area contributed by atoms with Gasteiger partial charge in [-0.1, -0.05) is 11.6 Å². The van der Waals surface area contributed by atoms with Crippen LogP contribution in [0.5, 0.6) is 0 Å². The van der Waals surface area contributed by atoms with Gasteiger partial charge in [-0.2, -0.15) is 0 Å². The molecule has 0 aliphatic carbocycles. The van der Waals surface area contributed by atoms with Crippen molar-refractivity contribution in [2.24, 2.45) is 5.84 Å². The molecule has 0 amide bonds. The zero-order chi connectivity index (χ0) is 12.3. The Morgan fingerprint density at radius 3 is 3.06 bits per heavy atom. The van der Waals surface area contributed by atoms with Crippen molar-refractivity contribution >= 4 is 22.9 Å². The Labute approximate surface area is 111 Å². The van der Waals surface area contributed by atoms with Crippen molar-refractivity contribution in [3.05, 3.63) is 20.8 Å². The summed E-state index contributed by atoms with van der Waals surface area (Å²) >= 11 is 7.94. The van der Waals surface area contributed by atoms with E-state index < -0.39 is 0 Å². The van der Waals surface area contributed by atoms with E-state index in [1.807, 2.05) is 6.92 Å². The smallest absolute Gasteiger partial charge is 0.0590 e. The largest absolute Gasteiger partial charge is 0.378 e. The number of aryl methyl sites for hydroxylation is 1. The van der Waals surface area contributed by atoms with Crippen LogP contribution < -0.4 is 11.3 Å². The maximum Gasteiger partial charge on any atom is 0.0590 e. The number of hydrogen-bond acceptors (Lipinski definition) is 4. The third-order valence-corrected chi connectivity index (χ3v) is 5.07. The Kier molecular flexibility index (Phi) is 4.82. The standard InChI is InChI=1S/C12H19ClN2OS/c1-8-7-17-12(11(8)13)10(15-14)5-4-9-3-2-6-16-9/h7,9-10,15H,2-6,14H2,1H3. The molecule has 17 heavy (non-hydrogen) atoms. The Balaban J connectivity index is 1.94. The second kappa shape index (κ2) is 6.16. The molecule has 1 aliphatic heterocycles. The molecular weight excluding hydrogens is 256 g/mol. The molecule has 0 aromatic carbocycles. The van der Waals surface area contributed by atoms with E-state index in [2.05, 4.69) is 10.8 Å². The SMILES string of the molecule is Cc1csc(C(CCC2CCCO2)NN)c1Cl. The van der Waals surface area contributed by atoms with Crippen LogP contribution >= 0.6 is 22.9 Å². The Bertz CT molecular complexity index is 363. The average Bonchev–Trinajstić information content (AvgIpc) is 2.94. The van der Waals surface area contributed by atoms with E-state index in [0.29, 0.717) is 6.10 Å². The van der Waals surface area contributed by atoms with Crippen LogP contribution in [0.4, 0.5) is 0 Å². The van der Waals surface area contributed by atoms with E-state index in [-0.39, 0.29) is 6.04 Å². The van der Waals surface area contributed by atoms with Crippen LogP contribution in [-0.4, -0.2) is 12.7 Å². The first-order valence-corrected chi connectivity index (χ1v) is 7.29. The average molecular weight is 275 g/mol. The lowest BCUT2D eigenvalue weighted by Gasteiger charge is -2.17. The summed E-state index contributed by atoms with van der Waals surface area (Å²) in [7, 11) is 0. The zero-order valence-electron chi connectivity index (χ0n) is 10.0. The molecule has 96 valence electrons. The predicted octanol–water partition coefficient (Wildman–Crippen LogP) is 3.17. The van der Waals surface area contributed by atoms with Gasteiger partial charge < -0.3 is 4.74 Å². The number of halogens is 1. The maximum absolute atomic E-state index is 6.26. The summed E-state index contributed by atoms with van der Waals surface area (Å²) in [5.74, 6) is 5.62. The van der Waals surface area contributed by atoms with Crippen LogP contribution in [0.3, 0.4) is 0 Å². The molecule has 0 saturated carbocycles. The fraction of sp³-hybridized carbons (Fsp3) is 0.667. The van der Waals surface area contributed by atoms with Crippen molar-refractivity contribution in [3.8, 4) is 0 Å². The summed E-state index contributed by atoms with van der Waals surface area (Å²) < 4.78 is 5.62. The number of nitrogens with one attached hydrogen (secondary N) is 1. The zero-order valence-corrected chi connectivity index (χ0v) is 11.6. The van der Waals surface area contributed by atoms with Crippen LogP contribution in [0.25, 0.3) is 0 Å². The Morgan fingerprint density at radius 1 is 1.71 bits per heavy atom. The fourth-order valence-corrected chi connectivity index (χ4v) is 3.62. The van der Waals surface area contributed by atoms with Gasteiger partial charge in [-0.15, -0.1) is 11.3 Å². The number of hydrazine groups is 1. The topological polar surface area (TPSA) is 47.3 Å². The van der Waals surface area contributed by atoms with Gasteiger partial charge in [0.25, 0.3) is 0 Å². The third-order valence-electron chi connectivity index (χ3n) is 3.24. The number of rotatable bonds is 5. The molecule has 5 heteroatoms. The van der Waals surface area contributed by atoms with Gasteiger partial charge in [-0.3, -0.25) is 11.3 Å². The first-order valence-electron chi connectivity index (χ1n) is 6.03. The molecule has 1 aromatic rings. The molecule has 2 unspecified atom stereocenters. The molecule has 3 N–H and O–H groups in total. The lowest BCUT2D eigenvalue weighted by Crippen LogP contribution is -2.28. The predicted molar refractivity (Wildman–Crippen MR) is 72.3 cm³/mol. The molecule has 1 aliphatic rings. The quantitative estimate of drug-likeness (QED) is 0.640. The molecule has 2 heterocycles. The van der Waals surface area contributed by atoms with E-state index in [1.54, 1.807) is 11.3 Å². The van der Waals surface area contributed by atoms with E-state index in [0.717, 1.165) is 34.9 Å². The highest BCUT2D eigenvalue weighted by molar-refractivity contribution is 7.10. The van der Waals surface area contributed by atoms with Crippen molar-refractivity contribution in [2.45, 2.75) is 44.8 Å². The highest BCUT2D eigenvalue weighted by Gasteiger charge is 2.21. The third kappa shape index (κ3) is 3.20. The second-order valence-corrected chi connectivity index (χ2v) is 5.82. The summed E-state index contributed by atoms with van der Waals surface area (Å²) in [5, 5.41) is 2.93. The summed E-state index contributed by atoms with van der Waals surface area (Å²) in [6.45, 7) is 2.93. The monoisotopic (exact) mass is 274 g/mol. The minimum absolute atomic E-state index is 0.144. The maximum atomic E-state index is 6.26.